The minimum absolute atomic E-state index is 0.0736. The van der Waals surface area contributed by atoms with Gasteiger partial charge in [-0.25, -0.2) is 0 Å². The minimum Gasteiger partial charge on any atom is -0.455 e. The second-order valence-corrected chi connectivity index (χ2v) is 6.80. The highest BCUT2D eigenvalue weighted by Gasteiger charge is 2.15. The van der Waals surface area contributed by atoms with E-state index in [1.807, 2.05) is 72.8 Å². The molecule has 1 amide bonds. The summed E-state index contributed by atoms with van der Waals surface area (Å²) >= 11 is 0. The molecule has 0 aromatic heterocycles. The quantitative estimate of drug-likeness (QED) is 0.586. The lowest BCUT2D eigenvalue weighted by Crippen LogP contribution is -2.32. The van der Waals surface area contributed by atoms with Crippen LogP contribution in [0.15, 0.2) is 72.8 Å². The number of ether oxygens (including phenoxy) is 1. The molecule has 144 valence electrons. The van der Waals surface area contributed by atoms with Gasteiger partial charge in [0.2, 0.25) is 0 Å². The van der Waals surface area contributed by atoms with Gasteiger partial charge in [0, 0.05) is 0 Å². The van der Waals surface area contributed by atoms with Crippen molar-refractivity contribution >= 4 is 22.6 Å². The van der Waals surface area contributed by atoms with E-state index in [4.69, 9.17) is 4.74 Å². The average Bonchev–Trinajstić information content (AvgIpc) is 2.73. The van der Waals surface area contributed by atoms with Crippen molar-refractivity contribution < 1.29 is 14.3 Å². The Kier molecular flexibility index (Phi) is 6.79. The molecule has 1 atom stereocenters. The molecule has 4 nitrogen and oxygen atoms in total. The maximum absolute atomic E-state index is 12.3. The molecule has 0 aliphatic heterocycles. The Bertz CT molecular complexity index is 931. The molecule has 0 heterocycles. The van der Waals surface area contributed by atoms with Gasteiger partial charge in [-0.15, -0.1) is 0 Å². The molecule has 3 rings (SSSR count). The predicted molar refractivity (Wildman–Crippen MR) is 111 cm³/mol. The molecule has 0 aliphatic carbocycles. The van der Waals surface area contributed by atoms with Gasteiger partial charge < -0.3 is 10.1 Å². The topological polar surface area (TPSA) is 55.4 Å². The zero-order chi connectivity index (χ0) is 19.8. The Balaban J connectivity index is 1.55. The Hall–Kier alpha value is -3.14. The highest BCUT2D eigenvalue weighted by atomic mass is 16.5. The molecule has 3 aromatic rings. The summed E-state index contributed by atoms with van der Waals surface area (Å²) in [6.07, 6.45) is 1.92. The molecule has 1 N–H and O–H groups in total. The normalized spacial score (nSPS) is 11.8. The summed E-state index contributed by atoms with van der Waals surface area (Å²) in [6.45, 7) is 1.81. The summed E-state index contributed by atoms with van der Waals surface area (Å²) in [7, 11) is 0. The van der Waals surface area contributed by atoms with E-state index in [0.29, 0.717) is 0 Å². The molecule has 0 bridgehead atoms. The van der Waals surface area contributed by atoms with Gasteiger partial charge in [-0.2, -0.15) is 0 Å². The third kappa shape index (κ3) is 5.19. The number of rotatable bonds is 8. The van der Waals surface area contributed by atoms with Crippen LogP contribution in [0.3, 0.4) is 0 Å². The summed E-state index contributed by atoms with van der Waals surface area (Å²) in [5.41, 5.74) is 1.96. The molecular formula is C24H25NO3. The molecule has 0 saturated heterocycles. The summed E-state index contributed by atoms with van der Waals surface area (Å²) in [6, 6.07) is 23.5. The van der Waals surface area contributed by atoms with Crippen molar-refractivity contribution in [3.63, 3.8) is 0 Å². The van der Waals surface area contributed by atoms with E-state index in [1.54, 1.807) is 0 Å². The van der Waals surface area contributed by atoms with Crippen LogP contribution in [0.2, 0.25) is 0 Å². The van der Waals surface area contributed by atoms with E-state index in [2.05, 4.69) is 12.2 Å². The number of carbonyl (C=O) groups excluding carboxylic acids is 2. The summed E-state index contributed by atoms with van der Waals surface area (Å²) < 4.78 is 5.22. The number of nitrogens with one attached hydrogen (secondary N) is 1. The van der Waals surface area contributed by atoms with Crippen LogP contribution in [0.25, 0.3) is 10.8 Å². The summed E-state index contributed by atoms with van der Waals surface area (Å²) in [4.78, 5) is 24.5. The lowest BCUT2D eigenvalue weighted by molar-refractivity contribution is -0.148. The molecule has 0 radical (unpaired) electrons. The molecule has 3 aromatic carbocycles. The first-order chi connectivity index (χ1) is 13.7. The number of hydrogen-bond donors (Lipinski definition) is 1. The minimum atomic E-state index is -0.404. The van der Waals surface area contributed by atoms with E-state index in [0.717, 1.165) is 34.7 Å². The predicted octanol–water partition coefficient (Wildman–Crippen LogP) is 4.58. The van der Waals surface area contributed by atoms with E-state index in [9.17, 15) is 9.59 Å². The zero-order valence-corrected chi connectivity index (χ0v) is 16.1. The van der Waals surface area contributed by atoms with E-state index >= 15 is 0 Å². The average molecular weight is 375 g/mol. The lowest BCUT2D eigenvalue weighted by Gasteiger charge is -2.18. The van der Waals surface area contributed by atoms with Gasteiger partial charge in [-0.3, -0.25) is 9.59 Å². The molecule has 0 spiro atoms. The van der Waals surface area contributed by atoms with Gasteiger partial charge in [0.05, 0.1) is 12.5 Å². The molecular weight excluding hydrogens is 350 g/mol. The fraction of sp³-hybridized carbons (Fsp3) is 0.250. The Morgan fingerprint density at radius 1 is 0.929 bits per heavy atom. The Morgan fingerprint density at radius 3 is 2.43 bits per heavy atom. The Morgan fingerprint density at radius 2 is 1.64 bits per heavy atom. The van der Waals surface area contributed by atoms with Crippen molar-refractivity contribution in [2.45, 2.75) is 32.2 Å². The smallest absolute Gasteiger partial charge is 0.310 e. The van der Waals surface area contributed by atoms with Crippen LogP contribution in [-0.4, -0.2) is 18.5 Å². The SMILES string of the molecule is CCC[C@@H](NC(=O)COC(=O)Cc1cccc2ccccc12)c1ccccc1. The first-order valence-electron chi connectivity index (χ1n) is 9.64. The fourth-order valence-electron chi connectivity index (χ4n) is 3.33. The second-order valence-electron chi connectivity index (χ2n) is 6.80. The highest BCUT2D eigenvalue weighted by Crippen LogP contribution is 2.20. The third-order valence-electron chi connectivity index (χ3n) is 4.69. The van der Waals surface area contributed by atoms with Gasteiger partial charge in [0.25, 0.3) is 5.91 Å². The van der Waals surface area contributed by atoms with Gasteiger partial charge in [0.15, 0.2) is 6.61 Å². The van der Waals surface area contributed by atoms with Gasteiger partial charge in [0.1, 0.15) is 0 Å². The molecule has 28 heavy (non-hydrogen) atoms. The van der Waals surface area contributed by atoms with Gasteiger partial charge in [-0.1, -0.05) is 86.1 Å². The first-order valence-corrected chi connectivity index (χ1v) is 9.64. The van der Waals surface area contributed by atoms with Crippen molar-refractivity contribution in [1.29, 1.82) is 0 Å². The van der Waals surface area contributed by atoms with E-state index < -0.39 is 5.97 Å². The van der Waals surface area contributed by atoms with Crippen molar-refractivity contribution in [3.05, 3.63) is 83.9 Å². The standard InChI is InChI=1S/C24H25NO3/c1-2-9-22(19-11-4-3-5-12-19)25-23(26)17-28-24(27)16-20-14-8-13-18-10-6-7-15-21(18)20/h3-8,10-15,22H,2,9,16-17H2,1H3,(H,25,26)/t22-/m1/s1. The van der Waals surface area contributed by atoms with Crippen LogP contribution in [0.5, 0.6) is 0 Å². The summed E-state index contributed by atoms with van der Waals surface area (Å²) in [5.74, 6) is -0.688. The zero-order valence-electron chi connectivity index (χ0n) is 16.1. The maximum atomic E-state index is 12.3. The largest absolute Gasteiger partial charge is 0.455 e. The third-order valence-corrected chi connectivity index (χ3v) is 4.69. The molecule has 0 saturated carbocycles. The second kappa shape index (κ2) is 9.70. The number of hydrogen-bond acceptors (Lipinski definition) is 3. The number of esters is 1. The van der Waals surface area contributed by atoms with E-state index in [1.165, 1.54) is 0 Å². The molecule has 0 aliphatic rings. The number of fused-ring (bicyclic) bond motifs is 1. The van der Waals surface area contributed by atoms with Crippen molar-refractivity contribution in [3.8, 4) is 0 Å². The van der Waals surface area contributed by atoms with E-state index in [-0.39, 0.29) is 25.0 Å². The van der Waals surface area contributed by atoms with Crippen LogP contribution < -0.4 is 5.32 Å². The lowest BCUT2D eigenvalue weighted by atomic mass is 10.0. The first kappa shape index (κ1) is 19.6. The molecule has 0 unspecified atom stereocenters. The van der Waals surface area contributed by atoms with Crippen LogP contribution in [0.4, 0.5) is 0 Å². The van der Waals surface area contributed by atoms with Crippen LogP contribution in [-0.2, 0) is 20.7 Å². The van der Waals surface area contributed by atoms with Crippen molar-refractivity contribution in [2.75, 3.05) is 6.61 Å². The highest BCUT2D eigenvalue weighted by molar-refractivity contribution is 5.89. The van der Waals surface area contributed by atoms with Crippen molar-refractivity contribution in [1.82, 2.24) is 5.32 Å². The van der Waals surface area contributed by atoms with Gasteiger partial charge in [-0.05, 0) is 28.3 Å². The monoisotopic (exact) mass is 375 g/mol. The summed E-state index contributed by atoms with van der Waals surface area (Å²) in [5, 5.41) is 5.07. The van der Waals surface area contributed by atoms with Crippen LogP contribution in [0, 0.1) is 0 Å². The number of amides is 1. The maximum Gasteiger partial charge on any atom is 0.310 e. The van der Waals surface area contributed by atoms with Gasteiger partial charge >= 0.3 is 5.97 Å². The van der Waals surface area contributed by atoms with Crippen LogP contribution >= 0.6 is 0 Å². The van der Waals surface area contributed by atoms with Crippen LogP contribution in [0.1, 0.15) is 36.9 Å². The fourth-order valence-corrected chi connectivity index (χ4v) is 3.33. The molecule has 4 heteroatoms. The number of benzene rings is 3. The van der Waals surface area contributed by atoms with Crippen molar-refractivity contribution in [2.24, 2.45) is 0 Å². The number of carbonyl (C=O) groups is 2. The Labute approximate surface area is 165 Å². The molecule has 0 fully saturated rings.